The maximum atomic E-state index is 12.5. The van der Waals surface area contributed by atoms with Crippen LogP contribution in [-0.2, 0) is 10.0 Å². The highest BCUT2D eigenvalue weighted by Gasteiger charge is 2.18. The molecule has 0 spiro atoms. The minimum atomic E-state index is -3.64. The molecule has 1 heterocycles. The van der Waals surface area contributed by atoms with Crippen LogP contribution in [0, 0.1) is 6.92 Å². The molecule has 1 aromatic heterocycles. The molecule has 0 amide bonds. The van der Waals surface area contributed by atoms with Crippen LogP contribution in [0.2, 0.25) is 0 Å². The molecule has 0 aliphatic heterocycles. The molecule has 0 aliphatic carbocycles. The van der Waals surface area contributed by atoms with E-state index in [-0.39, 0.29) is 4.90 Å². The van der Waals surface area contributed by atoms with E-state index in [1.165, 1.54) is 6.20 Å². The van der Waals surface area contributed by atoms with Gasteiger partial charge in [-0.15, -0.1) is 0 Å². The summed E-state index contributed by atoms with van der Waals surface area (Å²) in [5.41, 5.74) is 2.53. The van der Waals surface area contributed by atoms with Crippen LogP contribution in [0.3, 0.4) is 0 Å². The van der Waals surface area contributed by atoms with Gasteiger partial charge in [-0.05, 0) is 25.1 Å². The molecular formula is C16H14N2O2S. The fourth-order valence-electron chi connectivity index (χ4n) is 2.02. The Morgan fingerprint density at radius 1 is 0.905 bits per heavy atom. The average Bonchev–Trinajstić information content (AvgIpc) is 2.99. The Bertz CT molecular complexity index is 851. The first kappa shape index (κ1) is 13.6. The minimum Gasteiger partial charge on any atom is -0.199 e. The summed E-state index contributed by atoms with van der Waals surface area (Å²) in [6.07, 6.45) is 1.47. The summed E-state index contributed by atoms with van der Waals surface area (Å²) >= 11 is 0. The Morgan fingerprint density at radius 3 is 2.24 bits per heavy atom. The Kier molecular flexibility index (Phi) is 3.35. The molecule has 106 valence electrons. The van der Waals surface area contributed by atoms with Crippen LogP contribution in [0.15, 0.2) is 71.8 Å². The van der Waals surface area contributed by atoms with Crippen LogP contribution in [0.1, 0.15) is 5.56 Å². The first-order valence-electron chi connectivity index (χ1n) is 6.51. The normalized spacial score (nSPS) is 11.5. The van der Waals surface area contributed by atoms with Crippen LogP contribution >= 0.6 is 0 Å². The van der Waals surface area contributed by atoms with Gasteiger partial charge in [0.15, 0.2) is 0 Å². The second-order valence-electron chi connectivity index (χ2n) is 4.76. The summed E-state index contributed by atoms with van der Waals surface area (Å²) in [7, 11) is -3.64. The Labute approximate surface area is 123 Å². The smallest absolute Gasteiger partial charge is 0.199 e. The number of benzene rings is 2. The summed E-state index contributed by atoms with van der Waals surface area (Å²) in [5.74, 6) is 0. The summed E-state index contributed by atoms with van der Waals surface area (Å²) in [5, 5.41) is 4.18. The van der Waals surface area contributed by atoms with Crippen molar-refractivity contribution < 1.29 is 8.42 Å². The van der Waals surface area contributed by atoms with Gasteiger partial charge in [0.2, 0.25) is 0 Å². The van der Waals surface area contributed by atoms with Gasteiger partial charge in [-0.3, -0.25) is 0 Å². The van der Waals surface area contributed by atoms with Gasteiger partial charge < -0.3 is 0 Å². The lowest BCUT2D eigenvalue weighted by molar-refractivity contribution is 0.580. The molecule has 0 saturated heterocycles. The molecule has 0 N–H and O–H groups in total. The van der Waals surface area contributed by atoms with E-state index in [4.69, 9.17) is 0 Å². The fraction of sp³-hybridized carbons (Fsp3) is 0.0625. The van der Waals surface area contributed by atoms with Gasteiger partial charge in [-0.2, -0.15) is 17.6 Å². The van der Waals surface area contributed by atoms with E-state index in [1.54, 1.807) is 30.3 Å². The number of hydrogen-bond donors (Lipinski definition) is 0. The fourth-order valence-corrected chi connectivity index (χ4v) is 3.13. The molecule has 4 nitrogen and oxygen atoms in total. The molecule has 2 aromatic carbocycles. The standard InChI is InChI=1S/C16H14N2O2S/c1-13-7-9-15(10-8-13)21(19,20)18-12-11-16(17-18)14-5-3-2-4-6-14/h2-12H,1H3. The number of hydrogen-bond acceptors (Lipinski definition) is 3. The van der Waals surface area contributed by atoms with Gasteiger partial charge in [0.25, 0.3) is 10.0 Å². The van der Waals surface area contributed by atoms with Gasteiger partial charge in [0.1, 0.15) is 0 Å². The predicted octanol–water partition coefficient (Wildman–Crippen LogP) is 3.10. The van der Waals surface area contributed by atoms with E-state index >= 15 is 0 Å². The lowest BCUT2D eigenvalue weighted by Gasteiger charge is -2.04. The van der Waals surface area contributed by atoms with Gasteiger partial charge in [0, 0.05) is 11.8 Å². The Balaban J connectivity index is 2.01. The third-order valence-corrected chi connectivity index (χ3v) is 4.76. The van der Waals surface area contributed by atoms with Crippen molar-refractivity contribution in [2.45, 2.75) is 11.8 Å². The topological polar surface area (TPSA) is 52.0 Å². The van der Waals surface area contributed by atoms with Crippen molar-refractivity contribution in [2.75, 3.05) is 0 Å². The third-order valence-electron chi connectivity index (χ3n) is 3.20. The van der Waals surface area contributed by atoms with Crippen molar-refractivity contribution in [1.82, 2.24) is 9.19 Å². The second-order valence-corrected chi connectivity index (χ2v) is 6.55. The van der Waals surface area contributed by atoms with E-state index in [9.17, 15) is 8.42 Å². The minimum absolute atomic E-state index is 0.232. The molecule has 3 rings (SSSR count). The van der Waals surface area contributed by atoms with E-state index in [0.717, 1.165) is 15.2 Å². The zero-order valence-electron chi connectivity index (χ0n) is 11.5. The number of nitrogens with zero attached hydrogens (tertiary/aromatic N) is 2. The average molecular weight is 298 g/mol. The summed E-state index contributed by atoms with van der Waals surface area (Å²) in [6, 6.07) is 17.9. The summed E-state index contributed by atoms with van der Waals surface area (Å²) < 4.78 is 26.0. The van der Waals surface area contributed by atoms with Crippen molar-refractivity contribution in [1.29, 1.82) is 0 Å². The van der Waals surface area contributed by atoms with E-state index in [1.807, 2.05) is 37.3 Å². The summed E-state index contributed by atoms with van der Waals surface area (Å²) in [4.78, 5) is 0.232. The van der Waals surface area contributed by atoms with Crippen molar-refractivity contribution in [3.05, 3.63) is 72.4 Å². The van der Waals surface area contributed by atoms with Crippen LogP contribution < -0.4 is 0 Å². The van der Waals surface area contributed by atoms with E-state index in [2.05, 4.69) is 5.10 Å². The lowest BCUT2D eigenvalue weighted by atomic mass is 10.2. The van der Waals surface area contributed by atoms with Gasteiger partial charge in [-0.25, -0.2) is 0 Å². The number of aryl methyl sites for hydroxylation is 1. The number of aromatic nitrogens is 2. The molecule has 5 heteroatoms. The lowest BCUT2D eigenvalue weighted by Crippen LogP contribution is -2.13. The largest absolute Gasteiger partial charge is 0.282 e. The van der Waals surface area contributed by atoms with Crippen molar-refractivity contribution >= 4 is 10.0 Å². The molecule has 0 atom stereocenters. The van der Waals surface area contributed by atoms with Crippen LogP contribution in [0.25, 0.3) is 11.3 Å². The predicted molar refractivity (Wildman–Crippen MR) is 81.4 cm³/mol. The van der Waals surface area contributed by atoms with Crippen molar-refractivity contribution in [3.63, 3.8) is 0 Å². The quantitative estimate of drug-likeness (QED) is 0.746. The Morgan fingerprint density at radius 2 is 1.57 bits per heavy atom. The highest BCUT2D eigenvalue weighted by Crippen LogP contribution is 2.19. The van der Waals surface area contributed by atoms with Gasteiger partial charge in [0.05, 0.1) is 10.6 Å². The van der Waals surface area contributed by atoms with E-state index in [0.29, 0.717) is 5.69 Å². The maximum Gasteiger partial charge on any atom is 0.282 e. The third kappa shape index (κ3) is 2.60. The molecule has 0 saturated carbocycles. The molecule has 0 bridgehead atoms. The molecule has 0 fully saturated rings. The zero-order chi connectivity index (χ0) is 14.9. The Hall–Kier alpha value is -2.40. The summed E-state index contributed by atoms with van der Waals surface area (Å²) in [6.45, 7) is 1.91. The highest BCUT2D eigenvalue weighted by atomic mass is 32.2. The zero-order valence-corrected chi connectivity index (χ0v) is 12.3. The molecular weight excluding hydrogens is 284 g/mol. The highest BCUT2D eigenvalue weighted by molar-refractivity contribution is 7.89. The van der Waals surface area contributed by atoms with Gasteiger partial charge >= 0.3 is 0 Å². The van der Waals surface area contributed by atoms with Crippen molar-refractivity contribution in [2.24, 2.45) is 0 Å². The molecule has 0 radical (unpaired) electrons. The van der Waals surface area contributed by atoms with Gasteiger partial charge in [-0.1, -0.05) is 48.0 Å². The van der Waals surface area contributed by atoms with Crippen LogP contribution in [-0.4, -0.2) is 17.6 Å². The van der Waals surface area contributed by atoms with Crippen LogP contribution in [0.5, 0.6) is 0 Å². The molecule has 0 unspecified atom stereocenters. The second kappa shape index (κ2) is 5.18. The SMILES string of the molecule is Cc1ccc(S(=O)(=O)n2ccc(-c3ccccc3)n2)cc1. The molecule has 0 aliphatic rings. The van der Waals surface area contributed by atoms with E-state index < -0.39 is 10.0 Å². The molecule has 3 aromatic rings. The number of rotatable bonds is 3. The molecule has 21 heavy (non-hydrogen) atoms. The van der Waals surface area contributed by atoms with Crippen molar-refractivity contribution in [3.8, 4) is 11.3 Å². The monoisotopic (exact) mass is 298 g/mol. The first-order valence-corrected chi connectivity index (χ1v) is 7.95. The maximum absolute atomic E-state index is 12.5. The van der Waals surface area contributed by atoms with Crippen LogP contribution in [0.4, 0.5) is 0 Å². The first-order chi connectivity index (χ1) is 10.1.